The van der Waals surface area contributed by atoms with Crippen molar-refractivity contribution < 1.29 is 17.9 Å². The molecule has 0 bridgehead atoms. The number of esters is 1. The lowest BCUT2D eigenvalue weighted by Gasteiger charge is -2.12. The van der Waals surface area contributed by atoms with Crippen LogP contribution in [-0.4, -0.2) is 21.0 Å². The van der Waals surface area contributed by atoms with E-state index in [0.717, 1.165) is 11.1 Å². The molecule has 0 fully saturated rings. The lowest BCUT2D eigenvalue weighted by Crippen LogP contribution is -2.16. The number of carbonyl (C=O) groups excluding carboxylic acids is 1. The zero-order valence-electron chi connectivity index (χ0n) is 14.0. The third kappa shape index (κ3) is 4.83. The van der Waals surface area contributed by atoms with Crippen LogP contribution in [0.4, 0.5) is 5.69 Å². The van der Waals surface area contributed by atoms with E-state index >= 15 is 0 Å². The van der Waals surface area contributed by atoms with E-state index in [9.17, 15) is 13.2 Å². The largest absolute Gasteiger partial charge is 0.462 e. The highest BCUT2D eigenvalue weighted by molar-refractivity contribution is 7.91. The fourth-order valence-corrected chi connectivity index (χ4v) is 3.54. The quantitative estimate of drug-likeness (QED) is 0.813. The van der Waals surface area contributed by atoms with Crippen molar-refractivity contribution in [2.75, 3.05) is 11.3 Å². The minimum atomic E-state index is -3.58. The fourth-order valence-electron chi connectivity index (χ4n) is 2.30. The highest BCUT2D eigenvalue weighted by atomic mass is 32.2. The van der Waals surface area contributed by atoms with Crippen LogP contribution in [0.25, 0.3) is 0 Å². The Morgan fingerprint density at radius 2 is 1.88 bits per heavy atom. The predicted molar refractivity (Wildman–Crippen MR) is 94.6 cm³/mol. The number of carbonyl (C=O) groups is 1. The van der Waals surface area contributed by atoms with Gasteiger partial charge in [-0.15, -0.1) is 0 Å². The number of rotatable bonds is 6. The molecule has 0 atom stereocenters. The average Bonchev–Trinajstić information content (AvgIpc) is 2.49. The third-order valence-corrected chi connectivity index (χ3v) is 4.70. The van der Waals surface area contributed by atoms with E-state index in [4.69, 9.17) is 4.74 Å². The fraction of sp³-hybridized carbons (Fsp3) is 0.278. The van der Waals surface area contributed by atoms with Gasteiger partial charge < -0.3 is 4.74 Å². The molecule has 0 radical (unpaired) electrons. The Hall–Kier alpha value is -2.34. The van der Waals surface area contributed by atoms with E-state index in [1.807, 2.05) is 25.1 Å². The number of sulfonamides is 1. The molecule has 0 heterocycles. The van der Waals surface area contributed by atoms with Crippen LogP contribution < -0.4 is 4.72 Å². The molecule has 0 aliphatic rings. The molecule has 0 saturated carbocycles. The van der Waals surface area contributed by atoms with Crippen LogP contribution >= 0.6 is 0 Å². The van der Waals surface area contributed by atoms with E-state index in [-0.39, 0.29) is 12.4 Å². The van der Waals surface area contributed by atoms with Gasteiger partial charge in [-0.05, 0) is 44.0 Å². The van der Waals surface area contributed by atoms with Crippen LogP contribution in [-0.2, 0) is 20.5 Å². The normalized spacial score (nSPS) is 11.1. The number of anilines is 1. The number of aryl methyl sites for hydroxylation is 2. The summed E-state index contributed by atoms with van der Waals surface area (Å²) in [5, 5.41) is 0. The Bertz CT molecular complexity index is 844. The van der Waals surface area contributed by atoms with Gasteiger partial charge in [0, 0.05) is 0 Å². The number of hydrogen-bond acceptors (Lipinski definition) is 4. The molecular weight excluding hydrogens is 326 g/mol. The van der Waals surface area contributed by atoms with E-state index in [1.165, 1.54) is 6.07 Å². The maximum Gasteiger partial charge on any atom is 0.338 e. The highest BCUT2D eigenvalue weighted by Gasteiger charge is 2.15. The molecule has 2 aromatic rings. The summed E-state index contributed by atoms with van der Waals surface area (Å²) in [5.74, 6) is -0.603. The minimum Gasteiger partial charge on any atom is -0.462 e. The molecule has 24 heavy (non-hydrogen) atoms. The molecule has 0 aromatic heterocycles. The first-order chi connectivity index (χ1) is 11.3. The van der Waals surface area contributed by atoms with Gasteiger partial charge in [-0.2, -0.15) is 0 Å². The maximum absolute atomic E-state index is 12.4. The molecule has 128 valence electrons. The highest BCUT2D eigenvalue weighted by Crippen LogP contribution is 2.20. The Balaban J connectivity index is 2.22. The summed E-state index contributed by atoms with van der Waals surface area (Å²) in [6.45, 7) is 5.68. The van der Waals surface area contributed by atoms with Crippen LogP contribution in [0.1, 0.15) is 34.0 Å². The number of nitrogens with one attached hydrogen (secondary N) is 1. The molecule has 5 nitrogen and oxygen atoms in total. The van der Waals surface area contributed by atoms with E-state index in [0.29, 0.717) is 16.8 Å². The van der Waals surface area contributed by atoms with Gasteiger partial charge in [-0.1, -0.05) is 35.9 Å². The van der Waals surface area contributed by atoms with Gasteiger partial charge in [0.25, 0.3) is 0 Å². The second-order valence-corrected chi connectivity index (χ2v) is 7.32. The number of ether oxygens (including phenoxy) is 1. The van der Waals surface area contributed by atoms with Gasteiger partial charge in [0.05, 0.1) is 23.6 Å². The first-order valence-corrected chi connectivity index (χ1v) is 9.30. The molecule has 0 aliphatic heterocycles. The topological polar surface area (TPSA) is 72.5 Å². The van der Waals surface area contributed by atoms with E-state index in [2.05, 4.69) is 4.72 Å². The second-order valence-electron chi connectivity index (χ2n) is 5.60. The van der Waals surface area contributed by atoms with Gasteiger partial charge in [0.15, 0.2) is 0 Å². The average molecular weight is 347 g/mol. The molecular formula is C18H21NO4S. The molecule has 0 unspecified atom stereocenters. The lowest BCUT2D eigenvalue weighted by atomic mass is 10.1. The van der Waals surface area contributed by atoms with Crippen molar-refractivity contribution in [2.24, 2.45) is 0 Å². The first kappa shape index (κ1) is 18.0. The number of hydrogen-bond donors (Lipinski definition) is 1. The van der Waals surface area contributed by atoms with E-state index < -0.39 is 16.0 Å². The monoisotopic (exact) mass is 347 g/mol. The summed E-state index contributed by atoms with van der Waals surface area (Å²) < 4.78 is 32.3. The maximum atomic E-state index is 12.4. The standard InChI is InChI=1S/C18H21NO4S/c1-4-23-18(20)16-9-8-14(3)17(11-16)19-24(21,22)12-15-7-5-6-13(2)10-15/h5-11,19H,4,12H2,1-3H3. The van der Waals surface area contributed by atoms with Crippen molar-refractivity contribution in [3.05, 3.63) is 64.7 Å². The zero-order valence-corrected chi connectivity index (χ0v) is 14.8. The summed E-state index contributed by atoms with van der Waals surface area (Å²) in [6, 6.07) is 12.2. The predicted octanol–water partition coefficient (Wildman–Crippen LogP) is 3.42. The van der Waals surface area contributed by atoms with Crippen molar-refractivity contribution in [3.8, 4) is 0 Å². The summed E-state index contributed by atoms with van der Waals surface area (Å²) in [5.41, 5.74) is 3.14. The third-order valence-electron chi connectivity index (χ3n) is 3.45. The second kappa shape index (κ2) is 7.49. The van der Waals surface area contributed by atoms with Crippen molar-refractivity contribution >= 4 is 21.7 Å². The van der Waals surface area contributed by atoms with Crippen molar-refractivity contribution in [1.82, 2.24) is 0 Å². The summed E-state index contributed by atoms with van der Waals surface area (Å²) in [6.07, 6.45) is 0. The summed E-state index contributed by atoms with van der Waals surface area (Å²) in [4.78, 5) is 11.8. The molecule has 0 aliphatic carbocycles. The first-order valence-electron chi connectivity index (χ1n) is 7.64. The number of benzene rings is 2. The van der Waals surface area contributed by atoms with Gasteiger partial charge in [-0.3, -0.25) is 4.72 Å². The van der Waals surface area contributed by atoms with Crippen LogP contribution in [0.5, 0.6) is 0 Å². The van der Waals surface area contributed by atoms with Crippen molar-refractivity contribution in [3.63, 3.8) is 0 Å². The van der Waals surface area contributed by atoms with Gasteiger partial charge in [0.1, 0.15) is 0 Å². The molecule has 0 saturated heterocycles. The van der Waals surface area contributed by atoms with Gasteiger partial charge >= 0.3 is 5.97 Å². The molecule has 0 spiro atoms. The van der Waals surface area contributed by atoms with Crippen molar-refractivity contribution in [1.29, 1.82) is 0 Å². The Morgan fingerprint density at radius 3 is 2.54 bits per heavy atom. The van der Waals surface area contributed by atoms with Crippen LogP contribution in [0, 0.1) is 13.8 Å². The summed E-state index contributed by atoms with van der Waals surface area (Å²) >= 11 is 0. The Kier molecular flexibility index (Phi) is 5.62. The minimum absolute atomic E-state index is 0.127. The van der Waals surface area contributed by atoms with Crippen molar-refractivity contribution in [2.45, 2.75) is 26.5 Å². The van der Waals surface area contributed by atoms with E-state index in [1.54, 1.807) is 32.0 Å². The molecule has 6 heteroatoms. The Labute approximate surface area is 142 Å². The van der Waals surface area contributed by atoms with Gasteiger partial charge in [0.2, 0.25) is 10.0 Å². The Morgan fingerprint density at radius 1 is 1.12 bits per heavy atom. The zero-order chi connectivity index (χ0) is 17.7. The molecule has 1 N–H and O–H groups in total. The molecule has 0 amide bonds. The van der Waals surface area contributed by atoms with Gasteiger partial charge in [-0.25, -0.2) is 13.2 Å². The molecule has 2 aromatic carbocycles. The molecule has 2 rings (SSSR count). The lowest BCUT2D eigenvalue weighted by molar-refractivity contribution is 0.0526. The SMILES string of the molecule is CCOC(=O)c1ccc(C)c(NS(=O)(=O)Cc2cccc(C)c2)c1. The van der Waals surface area contributed by atoms with Crippen LogP contribution in [0.2, 0.25) is 0 Å². The van der Waals surface area contributed by atoms with Crippen LogP contribution in [0.15, 0.2) is 42.5 Å². The summed E-state index contributed by atoms with van der Waals surface area (Å²) in [7, 11) is -3.58. The smallest absolute Gasteiger partial charge is 0.338 e. The van der Waals surface area contributed by atoms with Crippen LogP contribution in [0.3, 0.4) is 0 Å².